The summed E-state index contributed by atoms with van der Waals surface area (Å²) >= 11 is 1.66. The van der Waals surface area contributed by atoms with Gasteiger partial charge in [-0.1, -0.05) is 33.8 Å². The molecule has 142 valence electrons. The van der Waals surface area contributed by atoms with Crippen molar-refractivity contribution in [2.75, 3.05) is 6.26 Å². The summed E-state index contributed by atoms with van der Waals surface area (Å²) in [5, 5.41) is 0. The molecule has 0 amide bonds. The molecule has 0 saturated carbocycles. The van der Waals surface area contributed by atoms with E-state index >= 15 is 0 Å². The fourth-order valence-electron chi connectivity index (χ4n) is 1.92. The van der Waals surface area contributed by atoms with Gasteiger partial charge in [0.1, 0.15) is 5.69 Å². The Morgan fingerprint density at radius 2 is 1.72 bits per heavy atom. The molecule has 0 saturated heterocycles. The van der Waals surface area contributed by atoms with Gasteiger partial charge in [0, 0.05) is 24.2 Å². The van der Waals surface area contributed by atoms with Crippen LogP contribution in [0.2, 0.25) is 0 Å². The van der Waals surface area contributed by atoms with Gasteiger partial charge in [0.25, 0.3) is 0 Å². The Hall–Kier alpha value is -1.50. The lowest BCUT2D eigenvalue weighted by molar-refractivity contribution is -0.140. The zero-order valence-electron chi connectivity index (χ0n) is 16.0. The van der Waals surface area contributed by atoms with Crippen molar-refractivity contribution in [1.82, 2.24) is 14.5 Å². The highest BCUT2D eigenvalue weighted by Crippen LogP contribution is 2.32. The molecule has 7 heteroatoms. The number of alkyl halides is 3. The molecule has 2 heterocycles. The molecule has 2 aromatic heterocycles. The van der Waals surface area contributed by atoms with Crippen LogP contribution < -0.4 is 0 Å². The van der Waals surface area contributed by atoms with E-state index in [1.165, 1.54) is 4.57 Å². The predicted octanol–water partition coefficient (Wildman–Crippen LogP) is 6.46. The van der Waals surface area contributed by atoms with Gasteiger partial charge in [-0.15, -0.1) is 0 Å². The average Bonchev–Trinajstić information content (AvgIpc) is 3.05. The topological polar surface area (TPSA) is 30.7 Å². The first-order valence-electron chi connectivity index (χ1n) is 8.43. The number of imidazole rings is 1. The zero-order valence-corrected chi connectivity index (χ0v) is 16.8. The maximum atomic E-state index is 12.8. The summed E-state index contributed by atoms with van der Waals surface area (Å²) in [7, 11) is 0. The second-order valence-electron chi connectivity index (χ2n) is 4.93. The zero-order chi connectivity index (χ0) is 19.6. The van der Waals surface area contributed by atoms with Gasteiger partial charge >= 0.3 is 6.18 Å². The molecular formula is C18H28F3N3S. The van der Waals surface area contributed by atoms with Crippen molar-refractivity contribution in [1.29, 1.82) is 0 Å². The van der Waals surface area contributed by atoms with Crippen molar-refractivity contribution in [2.45, 2.75) is 59.5 Å². The van der Waals surface area contributed by atoms with Crippen molar-refractivity contribution in [3.63, 3.8) is 0 Å². The number of halogens is 3. The molecule has 2 rings (SSSR count). The SMILES string of the molecule is CC.CC.CSCc1ccc(-c2nc(C(F)(F)F)cn2C(C)C)nc1. The fraction of sp³-hybridized carbons (Fsp3) is 0.556. The van der Waals surface area contributed by atoms with Gasteiger partial charge in [0.2, 0.25) is 0 Å². The third kappa shape index (κ3) is 6.72. The summed E-state index contributed by atoms with van der Waals surface area (Å²) in [5.74, 6) is 1.06. The Morgan fingerprint density at radius 3 is 2.12 bits per heavy atom. The van der Waals surface area contributed by atoms with Gasteiger partial charge in [-0.2, -0.15) is 24.9 Å². The lowest BCUT2D eigenvalue weighted by Gasteiger charge is -2.10. The van der Waals surface area contributed by atoms with Gasteiger partial charge in [-0.25, -0.2) is 4.98 Å². The lowest BCUT2D eigenvalue weighted by atomic mass is 10.2. The quantitative estimate of drug-likeness (QED) is 0.614. The van der Waals surface area contributed by atoms with Crippen LogP contribution in [-0.4, -0.2) is 20.8 Å². The van der Waals surface area contributed by atoms with Crippen LogP contribution in [0.25, 0.3) is 11.5 Å². The van der Waals surface area contributed by atoms with Crippen molar-refractivity contribution >= 4 is 11.8 Å². The molecule has 0 aliphatic heterocycles. The molecule has 25 heavy (non-hydrogen) atoms. The molecule has 0 aliphatic carbocycles. The van der Waals surface area contributed by atoms with E-state index in [1.807, 2.05) is 53.9 Å². The number of rotatable bonds is 4. The highest BCUT2D eigenvalue weighted by molar-refractivity contribution is 7.97. The van der Waals surface area contributed by atoms with E-state index < -0.39 is 11.9 Å². The third-order valence-corrected chi connectivity index (χ3v) is 3.57. The number of pyridine rings is 1. The van der Waals surface area contributed by atoms with E-state index in [-0.39, 0.29) is 11.9 Å². The maximum absolute atomic E-state index is 12.8. The largest absolute Gasteiger partial charge is 0.434 e. The van der Waals surface area contributed by atoms with Gasteiger partial charge in [0.15, 0.2) is 11.5 Å². The third-order valence-electron chi connectivity index (χ3n) is 2.94. The van der Waals surface area contributed by atoms with Gasteiger partial charge < -0.3 is 4.57 Å². The summed E-state index contributed by atoms with van der Waals surface area (Å²) in [6.07, 6.45) is 0.249. The van der Waals surface area contributed by atoms with E-state index in [4.69, 9.17) is 0 Å². The van der Waals surface area contributed by atoms with Crippen LogP contribution in [0.3, 0.4) is 0 Å². The molecule has 0 atom stereocenters. The van der Waals surface area contributed by atoms with Crippen LogP contribution in [0.15, 0.2) is 24.5 Å². The first kappa shape index (κ1) is 23.5. The minimum absolute atomic E-state index is 0.128. The van der Waals surface area contributed by atoms with Crippen LogP contribution in [0.5, 0.6) is 0 Å². The monoisotopic (exact) mass is 375 g/mol. The Balaban J connectivity index is 0.00000134. The molecule has 0 spiro atoms. The summed E-state index contributed by atoms with van der Waals surface area (Å²) < 4.78 is 40.0. The predicted molar refractivity (Wildman–Crippen MR) is 101 cm³/mol. The number of nitrogens with zero attached hydrogens (tertiary/aromatic N) is 3. The molecule has 0 radical (unpaired) electrons. The average molecular weight is 376 g/mol. The Bertz CT molecular complexity index is 605. The van der Waals surface area contributed by atoms with Crippen LogP contribution in [0.1, 0.15) is 58.8 Å². The summed E-state index contributed by atoms with van der Waals surface area (Å²) in [6, 6.07) is 3.45. The smallest absolute Gasteiger partial charge is 0.327 e. The minimum Gasteiger partial charge on any atom is -0.327 e. The second-order valence-corrected chi connectivity index (χ2v) is 5.80. The summed E-state index contributed by atoms with van der Waals surface area (Å²) in [4.78, 5) is 7.96. The van der Waals surface area contributed by atoms with E-state index in [2.05, 4.69) is 9.97 Å². The van der Waals surface area contributed by atoms with E-state index in [9.17, 15) is 13.2 Å². The molecule has 0 bridgehead atoms. The van der Waals surface area contributed by atoms with Crippen molar-refractivity contribution < 1.29 is 13.2 Å². The van der Waals surface area contributed by atoms with Crippen LogP contribution >= 0.6 is 11.8 Å². The molecule has 0 N–H and O–H groups in total. The summed E-state index contributed by atoms with van der Waals surface area (Å²) in [6.45, 7) is 11.6. The molecule has 0 aliphatic rings. The Kier molecular flexibility index (Phi) is 10.5. The van der Waals surface area contributed by atoms with Crippen molar-refractivity contribution in [2.24, 2.45) is 0 Å². The van der Waals surface area contributed by atoms with Gasteiger partial charge in [-0.05, 0) is 31.7 Å². The fourth-order valence-corrected chi connectivity index (χ4v) is 2.43. The van der Waals surface area contributed by atoms with E-state index in [0.717, 1.165) is 17.5 Å². The standard InChI is InChI=1S/C14H16F3N3S.2C2H6/c1-9(2)20-7-12(14(15,16)17)19-13(20)11-5-4-10(6-18-11)8-21-3;2*1-2/h4-7,9H,8H2,1-3H3;2*1-2H3. The summed E-state index contributed by atoms with van der Waals surface area (Å²) in [5.41, 5.74) is 0.593. The number of hydrogen-bond donors (Lipinski definition) is 0. The van der Waals surface area contributed by atoms with E-state index in [0.29, 0.717) is 5.69 Å². The maximum Gasteiger partial charge on any atom is 0.434 e. The second kappa shape index (κ2) is 11.2. The van der Waals surface area contributed by atoms with Crippen LogP contribution in [0.4, 0.5) is 13.2 Å². The van der Waals surface area contributed by atoms with Gasteiger partial charge in [-0.3, -0.25) is 4.98 Å². The number of hydrogen-bond acceptors (Lipinski definition) is 3. The highest BCUT2D eigenvalue weighted by Gasteiger charge is 2.35. The van der Waals surface area contributed by atoms with Crippen LogP contribution in [0, 0.1) is 0 Å². The number of aromatic nitrogens is 3. The molecular weight excluding hydrogens is 347 g/mol. The minimum atomic E-state index is -4.45. The molecule has 0 fully saturated rings. The molecule has 0 unspecified atom stereocenters. The van der Waals surface area contributed by atoms with Crippen LogP contribution in [-0.2, 0) is 11.9 Å². The normalized spacial score (nSPS) is 10.7. The van der Waals surface area contributed by atoms with Crippen molar-refractivity contribution in [3.8, 4) is 11.5 Å². The lowest BCUT2D eigenvalue weighted by Crippen LogP contribution is -2.05. The Labute approximate surface area is 153 Å². The Morgan fingerprint density at radius 1 is 1.12 bits per heavy atom. The molecule has 3 nitrogen and oxygen atoms in total. The molecule has 0 aromatic carbocycles. The highest BCUT2D eigenvalue weighted by atomic mass is 32.2. The van der Waals surface area contributed by atoms with Gasteiger partial charge in [0.05, 0.1) is 0 Å². The molecule has 2 aromatic rings. The van der Waals surface area contributed by atoms with Crippen molar-refractivity contribution in [3.05, 3.63) is 35.8 Å². The van der Waals surface area contributed by atoms with E-state index in [1.54, 1.807) is 24.0 Å². The first-order chi connectivity index (χ1) is 11.8. The first-order valence-corrected chi connectivity index (χ1v) is 9.82. The number of thioether (sulfide) groups is 1.